The zero-order chi connectivity index (χ0) is 47.6. The van der Waals surface area contributed by atoms with Crippen molar-refractivity contribution in [3.05, 3.63) is 330 Å². The van der Waals surface area contributed by atoms with Crippen molar-refractivity contribution in [2.24, 2.45) is 0 Å². The van der Waals surface area contributed by atoms with Gasteiger partial charge in [0, 0.05) is 39.4 Å². The van der Waals surface area contributed by atoms with E-state index in [4.69, 9.17) is 0 Å². The minimum absolute atomic E-state index is 0.406. The van der Waals surface area contributed by atoms with E-state index >= 15 is 0 Å². The maximum absolute atomic E-state index is 2.54. The molecule has 0 heterocycles. The van der Waals surface area contributed by atoms with Gasteiger partial charge in [-0.05, 0) is 130 Å². The number of nitrogens with zero attached hydrogens (tertiary/aromatic N) is 2. The van der Waals surface area contributed by atoms with Gasteiger partial charge in [-0.2, -0.15) is 0 Å². The molecule has 1 unspecified atom stereocenters. The Morgan fingerprint density at radius 1 is 0.408 bits per heavy atom. The highest BCUT2D eigenvalue weighted by molar-refractivity contribution is 5.99. The van der Waals surface area contributed by atoms with Crippen LogP contribution in [-0.4, -0.2) is 0 Å². The number of allylic oxidation sites excluding steroid dienone is 4. The summed E-state index contributed by atoms with van der Waals surface area (Å²) in [6.07, 6.45) is 8.72. The average Bonchev–Trinajstić information content (AvgIpc) is 3.76. The third-order valence-electron chi connectivity index (χ3n) is 14.9. The maximum Gasteiger partial charge on any atom is 0.0715 e. The summed E-state index contributed by atoms with van der Waals surface area (Å²) in [5, 5.41) is 0. The van der Waals surface area contributed by atoms with Crippen molar-refractivity contribution in [1.82, 2.24) is 0 Å². The summed E-state index contributed by atoms with van der Waals surface area (Å²) < 4.78 is 0. The number of rotatable bonds is 12. The molecule has 0 N–H and O–H groups in total. The molecule has 2 aliphatic carbocycles. The van der Waals surface area contributed by atoms with Crippen LogP contribution in [0.1, 0.15) is 58.7 Å². The third kappa shape index (κ3) is 7.51. The first-order valence-corrected chi connectivity index (χ1v) is 24.9. The Hall–Kier alpha value is -8.72. The van der Waals surface area contributed by atoms with Crippen LogP contribution in [-0.2, 0) is 10.8 Å². The summed E-state index contributed by atoms with van der Waals surface area (Å²) in [7, 11) is 0. The first-order chi connectivity index (χ1) is 35.1. The first kappa shape index (κ1) is 43.6. The fourth-order valence-electron chi connectivity index (χ4n) is 11.7. The van der Waals surface area contributed by atoms with Crippen molar-refractivity contribution < 1.29 is 0 Å². The Kier molecular flexibility index (Phi) is 11.4. The highest BCUT2D eigenvalue weighted by Crippen LogP contribution is 2.61. The molecule has 0 spiro atoms. The predicted octanol–water partition coefficient (Wildman–Crippen LogP) is 17.9. The lowest BCUT2D eigenvalue weighted by Crippen LogP contribution is -2.29. The molecule has 0 radical (unpaired) electrons. The van der Waals surface area contributed by atoms with Crippen molar-refractivity contribution in [2.75, 3.05) is 9.80 Å². The van der Waals surface area contributed by atoms with Crippen LogP contribution in [0.15, 0.2) is 291 Å². The van der Waals surface area contributed by atoms with Crippen LogP contribution in [0.3, 0.4) is 0 Å². The van der Waals surface area contributed by atoms with E-state index in [-0.39, 0.29) is 0 Å². The van der Waals surface area contributed by atoms with E-state index in [2.05, 4.69) is 302 Å². The van der Waals surface area contributed by atoms with Crippen molar-refractivity contribution in [3.63, 3.8) is 0 Å². The molecule has 71 heavy (non-hydrogen) atoms. The Balaban J connectivity index is 1.14. The minimum atomic E-state index is -0.694. The summed E-state index contributed by atoms with van der Waals surface area (Å²) >= 11 is 0. The van der Waals surface area contributed by atoms with Crippen LogP contribution in [0.4, 0.5) is 28.4 Å². The van der Waals surface area contributed by atoms with Crippen LogP contribution in [0.5, 0.6) is 0 Å². The van der Waals surface area contributed by atoms with Gasteiger partial charge in [0.2, 0.25) is 0 Å². The van der Waals surface area contributed by atoms with E-state index in [1.54, 1.807) is 0 Å². The van der Waals surface area contributed by atoms with Gasteiger partial charge >= 0.3 is 0 Å². The number of hydrogen-bond acceptors (Lipinski definition) is 2. The Morgan fingerprint density at radius 3 is 1.45 bits per heavy atom. The Labute approximate surface area is 418 Å². The van der Waals surface area contributed by atoms with Crippen LogP contribution in [0.25, 0.3) is 22.3 Å². The van der Waals surface area contributed by atoms with Crippen LogP contribution >= 0.6 is 0 Å². The molecule has 0 bridgehead atoms. The molecule has 0 saturated heterocycles. The number of para-hydroxylation sites is 3. The lowest BCUT2D eigenvalue weighted by atomic mass is 9.67. The summed E-state index contributed by atoms with van der Waals surface area (Å²) in [6, 6.07) is 98.4. The van der Waals surface area contributed by atoms with Gasteiger partial charge in [0.05, 0.1) is 11.1 Å². The molecule has 0 saturated carbocycles. The van der Waals surface area contributed by atoms with E-state index in [1.165, 1.54) is 66.9 Å². The van der Waals surface area contributed by atoms with Gasteiger partial charge in [0.1, 0.15) is 0 Å². The Morgan fingerprint density at radius 2 is 0.887 bits per heavy atom. The van der Waals surface area contributed by atoms with Crippen LogP contribution in [0, 0.1) is 0 Å². The lowest BCUT2D eigenvalue weighted by molar-refractivity contribution is 0.694. The highest BCUT2D eigenvalue weighted by Gasteiger charge is 2.48. The largest absolute Gasteiger partial charge is 0.314 e. The second-order valence-electron chi connectivity index (χ2n) is 18.8. The van der Waals surface area contributed by atoms with Gasteiger partial charge in [0.15, 0.2) is 0 Å². The second kappa shape index (κ2) is 18.6. The van der Waals surface area contributed by atoms with Crippen LogP contribution < -0.4 is 9.80 Å². The SMILES string of the molecule is CC(c1ccccc1)(c1ccccc1)c1ccccc1-c1ccc(C2(c3ccccc3)c3ccccc3-c3c(N(C4=CC=CCC4)c4ccccc4)cc(N(c4ccccc4)c4ccccc4)cc32)cc1. The number of benzene rings is 10. The van der Waals surface area contributed by atoms with E-state index in [0.717, 1.165) is 41.3 Å². The quantitative estimate of drug-likeness (QED) is 0.113. The fourth-order valence-corrected chi connectivity index (χ4v) is 11.7. The molecule has 2 nitrogen and oxygen atoms in total. The Bertz CT molecular complexity index is 3430. The zero-order valence-electron chi connectivity index (χ0n) is 39.9. The van der Waals surface area contributed by atoms with Gasteiger partial charge < -0.3 is 9.80 Å². The van der Waals surface area contributed by atoms with Gasteiger partial charge in [-0.15, -0.1) is 0 Å². The molecule has 12 rings (SSSR count). The third-order valence-corrected chi connectivity index (χ3v) is 14.9. The standard InChI is InChI=1S/C69H54N2/c1-68(52-27-9-2-10-28-52,53-29-11-3-12-30-53)63-43-25-23-41-61(63)51-45-47-55(48-46-51)69(54-31-13-4-14-32-54)64-44-26-24-42-62(64)67-65(69)49-60(70(56-33-15-5-16-34-56)57-35-17-6-18-36-57)50-66(67)71(58-37-19-7-20-38-58)59-39-21-8-22-40-59/h2-21,23-39,41-50H,22,40H2,1H3. The number of anilines is 5. The van der Waals surface area contributed by atoms with Crippen LogP contribution in [0.2, 0.25) is 0 Å². The van der Waals surface area contributed by atoms with Gasteiger partial charge in [-0.1, -0.05) is 231 Å². The molecule has 340 valence electrons. The molecule has 0 fully saturated rings. The van der Waals surface area contributed by atoms with Crippen molar-refractivity contribution >= 4 is 28.4 Å². The topological polar surface area (TPSA) is 6.48 Å². The van der Waals surface area contributed by atoms with E-state index in [9.17, 15) is 0 Å². The second-order valence-corrected chi connectivity index (χ2v) is 18.8. The summed E-state index contributed by atoms with van der Waals surface area (Å²) in [6.45, 7) is 2.38. The fraction of sp³-hybridized carbons (Fsp3) is 0.0725. The molecule has 10 aromatic rings. The monoisotopic (exact) mass is 910 g/mol. The molecular weight excluding hydrogens is 857 g/mol. The molecule has 2 heteroatoms. The van der Waals surface area contributed by atoms with Crippen molar-refractivity contribution in [1.29, 1.82) is 0 Å². The highest BCUT2D eigenvalue weighted by atomic mass is 15.2. The van der Waals surface area contributed by atoms with E-state index in [1.807, 2.05) is 0 Å². The van der Waals surface area contributed by atoms with E-state index in [0.29, 0.717) is 0 Å². The van der Waals surface area contributed by atoms with E-state index < -0.39 is 10.8 Å². The van der Waals surface area contributed by atoms with Gasteiger partial charge in [-0.3, -0.25) is 0 Å². The van der Waals surface area contributed by atoms with Crippen molar-refractivity contribution in [2.45, 2.75) is 30.6 Å². The summed E-state index contributed by atoms with van der Waals surface area (Å²) in [5.41, 5.74) is 19.3. The number of fused-ring (bicyclic) bond motifs is 3. The molecule has 2 aliphatic rings. The molecule has 0 aromatic heterocycles. The number of hydrogen-bond donors (Lipinski definition) is 0. The summed E-state index contributed by atoms with van der Waals surface area (Å²) in [4.78, 5) is 4.96. The zero-order valence-corrected chi connectivity index (χ0v) is 39.9. The molecular formula is C69H54N2. The molecule has 0 aliphatic heterocycles. The minimum Gasteiger partial charge on any atom is -0.314 e. The normalized spacial score (nSPS) is 14.8. The van der Waals surface area contributed by atoms with Crippen molar-refractivity contribution in [3.8, 4) is 22.3 Å². The summed E-state index contributed by atoms with van der Waals surface area (Å²) in [5.74, 6) is 0. The first-order valence-electron chi connectivity index (χ1n) is 24.9. The lowest BCUT2D eigenvalue weighted by Gasteiger charge is -2.37. The smallest absolute Gasteiger partial charge is 0.0715 e. The molecule has 10 aromatic carbocycles. The molecule has 0 amide bonds. The predicted molar refractivity (Wildman–Crippen MR) is 297 cm³/mol. The molecule has 1 atom stereocenters. The van der Waals surface area contributed by atoms with Gasteiger partial charge in [0.25, 0.3) is 0 Å². The maximum atomic E-state index is 2.54. The average molecular weight is 911 g/mol. The van der Waals surface area contributed by atoms with Gasteiger partial charge in [-0.25, -0.2) is 0 Å².